The summed E-state index contributed by atoms with van der Waals surface area (Å²) in [7, 11) is 0. The fourth-order valence-electron chi connectivity index (χ4n) is 3.24. The van der Waals surface area contributed by atoms with E-state index in [4.69, 9.17) is 5.73 Å². The first-order valence-corrected chi connectivity index (χ1v) is 7.94. The number of amides is 2. The van der Waals surface area contributed by atoms with Crippen LogP contribution in [0.4, 0.5) is 0 Å². The van der Waals surface area contributed by atoms with Crippen molar-refractivity contribution in [2.45, 2.75) is 57.7 Å². The second kappa shape index (κ2) is 6.64. The summed E-state index contributed by atoms with van der Waals surface area (Å²) >= 11 is 0. The zero-order valence-corrected chi connectivity index (χ0v) is 13.2. The van der Waals surface area contributed by atoms with Crippen LogP contribution in [0.2, 0.25) is 0 Å². The molecule has 0 unspecified atom stereocenters. The molecule has 0 spiro atoms. The Morgan fingerprint density at radius 1 is 1.05 bits per heavy atom. The minimum absolute atomic E-state index is 0.00223. The van der Waals surface area contributed by atoms with E-state index >= 15 is 0 Å². The molecule has 2 fully saturated rings. The zero-order chi connectivity index (χ0) is 16.4. The summed E-state index contributed by atoms with van der Waals surface area (Å²) < 4.78 is 0. The van der Waals surface area contributed by atoms with E-state index in [0.29, 0.717) is 32.4 Å². The Kier molecular flexibility index (Phi) is 5.05. The van der Waals surface area contributed by atoms with E-state index in [2.05, 4.69) is 0 Å². The van der Waals surface area contributed by atoms with Crippen molar-refractivity contribution >= 4 is 17.8 Å². The number of nitrogens with zero attached hydrogens (tertiary/aromatic N) is 2. The van der Waals surface area contributed by atoms with Crippen molar-refractivity contribution in [1.29, 1.82) is 0 Å². The molecule has 0 bridgehead atoms. The first-order valence-electron chi connectivity index (χ1n) is 7.94. The molecule has 124 valence electrons. The molecule has 3 N–H and O–H groups in total. The molecule has 0 aromatic rings. The minimum Gasteiger partial charge on any atom is -0.480 e. The van der Waals surface area contributed by atoms with Crippen molar-refractivity contribution in [1.82, 2.24) is 9.80 Å². The van der Waals surface area contributed by atoms with Gasteiger partial charge >= 0.3 is 5.97 Å². The van der Waals surface area contributed by atoms with Crippen molar-refractivity contribution in [2.24, 2.45) is 11.7 Å². The molecular formula is C15H25N3O4. The second-order valence-electron chi connectivity index (χ2n) is 6.49. The zero-order valence-electron chi connectivity index (χ0n) is 13.2. The van der Waals surface area contributed by atoms with Gasteiger partial charge in [0.15, 0.2) is 0 Å². The number of carbonyl (C=O) groups excluding carboxylic acids is 2. The lowest BCUT2D eigenvalue weighted by molar-refractivity contribution is -0.152. The average molecular weight is 311 g/mol. The highest BCUT2D eigenvalue weighted by molar-refractivity contribution is 5.92. The fraction of sp³-hybridized carbons (Fsp3) is 0.800. The number of carboxylic acids is 1. The third kappa shape index (κ3) is 3.09. The van der Waals surface area contributed by atoms with Crippen LogP contribution in [0, 0.1) is 5.92 Å². The van der Waals surface area contributed by atoms with Crippen molar-refractivity contribution in [3.8, 4) is 0 Å². The maximum absolute atomic E-state index is 12.7. The lowest BCUT2D eigenvalue weighted by Gasteiger charge is -2.32. The molecule has 7 heteroatoms. The summed E-state index contributed by atoms with van der Waals surface area (Å²) in [5.74, 6) is -1.42. The van der Waals surface area contributed by atoms with E-state index in [1.807, 2.05) is 13.8 Å². The number of aliphatic carboxylic acids is 1. The van der Waals surface area contributed by atoms with E-state index in [9.17, 15) is 19.5 Å². The van der Waals surface area contributed by atoms with E-state index in [1.54, 1.807) is 4.90 Å². The Balaban J connectivity index is 2.11. The van der Waals surface area contributed by atoms with Crippen LogP contribution in [0.25, 0.3) is 0 Å². The molecule has 22 heavy (non-hydrogen) atoms. The van der Waals surface area contributed by atoms with Crippen LogP contribution in [-0.2, 0) is 14.4 Å². The largest absolute Gasteiger partial charge is 0.480 e. The van der Waals surface area contributed by atoms with Crippen LogP contribution >= 0.6 is 0 Å². The Bertz CT molecular complexity index is 466. The van der Waals surface area contributed by atoms with Crippen LogP contribution in [0.1, 0.15) is 39.5 Å². The molecule has 2 aliphatic rings. The van der Waals surface area contributed by atoms with Crippen LogP contribution in [0.15, 0.2) is 0 Å². The van der Waals surface area contributed by atoms with Gasteiger partial charge < -0.3 is 20.6 Å². The Morgan fingerprint density at radius 2 is 1.59 bits per heavy atom. The van der Waals surface area contributed by atoms with Crippen LogP contribution < -0.4 is 5.73 Å². The van der Waals surface area contributed by atoms with Gasteiger partial charge in [0.2, 0.25) is 11.8 Å². The van der Waals surface area contributed by atoms with Crippen LogP contribution in [-0.4, -0.2) is 63.9 Å². The first-order chi connectivity index (χ1) is 10.3. The SMILES string of the molecule is CC(C)[C@H](N)C(=O)N1CCC[C@H]1C(=O)N1CCC[C@@H]1C(=O)O. The van der Waals surface area contributed by atoms with Gasteiger partial charge in [-0.1, -0.05) is 13.8 Å². The molecule has 2 saturated heterocycles. The van der Waals surface area contributed by atoms with E-state index in [0.717, 1.165) is 6.42 Å². The number of hydrogen-bond acceptors (Lipinski definition) is 4. The number of likely N-dealkylation sites (tertiary alicyclic amines) is 2. The molecule has 0 aromatic heterocycles. The van der Waals surface area contributed by atoms with Crippen molar-refractivity contribution < 1.29 is 19.5 Å². The third-order valence-electron chi connectivity index (χ3n) is 4.65. The van der Waals surface area contributed by atoms with E-state index < -0.39 is 24.1 Å². The molecule has 7 nitrogen and oxygen atoms in total. The van der Waals surface area contributed by atoms with Crippen molar-refractivity contribution in [3.05, 3.63) is 0 Å². The highest BCUT2D eigenvalue weighted by Crippen LogP contribution is 2.25. The number of hydrogen-bond donors (Lipinski definition) is 2. The Labute approximate surface area is 130 Å². The molecular weight excluding hydrogens is 286 g/mol. The minimum atomic E-state index is -0.972. The monoisotopic (exact) mass is 311 g/mol. The van der Waals surface area contributed by atoms with E-state index in [1.165, 1.54) is 4.90 Å². The molecule has 2 heterocycles. The van der Waals surface area contributed by atoms with Gasteiger partial charge in [-0.3, -0.25) is 9.59 Å². The molecule has 3 atom stereocenters. The Hall–Kier alpha value is -1.63. The average Bonchev–Trinajstić information content (AvgIpc) is 3.13. The lowest BCUT2D eigenvalue weighted by Crippen LogP contribution is -2.54. The smallest absolute Gasteiger partial charge is 0.326 e. The van der Waals surface area contributed by atoms with Gasteiger partial charge in [0, 0.05) is 13.1 Å². The molecule has 2 aliphatic heterocycles. The van der Waals surface area contributed by atoms with E-state index in [-0.39, 0.29) is 17.7 Å². The van der Waals surface area contributed by atoms with Gasteiger partial charge in [-0.05, 0) is 31.6 Å². The standard InChI is InChI=1S/C15H25N3O4/c1-9(2)12(16)14(20)17-7-3-5-10(17)13(19)18-8-4-6-11(18)15(21)22/h9-12H,3-8,16H2,1-2H3,(H,21,22)/t10-,11+,12-/m0/s1. The second-order valence-corrected chi connectivity index (χ2v) is 6.49. The summed E-state index contributed by atoms with van der Waals surface area (Å²) in [5.41, 5.74) is 5.92. The quantitative estimate of drug-likeness (QED) is 0.762. The first kappa shape index (κ1) is 16.7. The Morgan fingerprint density at radius 3 is 2.14 bits per heavy atom. The number of nitrogens with two attached hydrogens (primary N) is 1. The topological polar surface area (TPSA) is 104 Å². The molecule has 0 radical (unpaired) electrons. The van der Waals surface area contributed by atoms with Gasteiger partial charge in [-0.25, -0.2) is 4.79 Å². The molecule has 2 amide bonds. The van der Waals surface area contributed by atoms with Gasteiger partial charge in [0.25, 0.3) is 0 Å². The maximum Gasteiger partial charge on any atom is 0.326 e. The molecule has 0 aromatic carbocycles. The number of rotatable bonds is 4. The summed E-state index contributed by atoms with van der Waals surface area (Å²) in [6, 6.07) is -1.94. The molecule has 0 aliphatic carbocycles. The summed E-state index contributed by atoms with van der Waals surface area (Å²) in [6.45, 7) is 4.71. The molecule has 0 saturated carbocycles. The predicted octanol–water partition coefficient (Wildman–Crippen LogP) is 0.0363. The van der Waals surface area contributed by atoms with Gasteiger partial charge in [-0.2, -0.15) is 0 Å². The van der Waals surface area contributed by atoms with Crippen LogP contribution in [0.5, 0.6) is 0 Å². The van der Waals surface area contributed by atoms with Gasteiger partial charge in [0.1, 0.15) is 12.1 Å². The third-order valence-corrected chi connectivity index (χ3v) is 4.65. The van der Waals surface area contributed by atoms with Crippen molar-refractivity contribution in [2.75, 3.05) is 13.1 Å². The summed E-state index contributed by atoms with van der Waals surface area (Å²) in [6.07, 6.45) is 2.50. The normalized spacial score (nSPS) is 26.5. The lowest BCUT2D eigenvalue weighted by atomic mass is 10.0. The van der Waals surface area contributed by atoms with Crippen LogP contribution in [0.3, 0.4) is 0 Å². The maximum atomic E-state index is 12.7. The van der Waals surface area contributed by atoms with Gasteiger partial charge in [-0.15, -0.1) is 0 Å². The number of carbonyl (C=O) groups is 3. The number of carboxylic acid groups (broad SMARTS) is 1. The summed E-state index contributed by atoms with van der Waals surface area (Å²) in [4.78, 5) is 39.4. The highest BCUT2D eigenvalue weighted by Gasteiger charge is 2.43. The molecule has 2 rings (SSSR count). The van der Waals surface area contributed by atoms with Gasteiger partial charge in [0.05, 0.1) is 6.04 Å². The predicted molar refractivity (Wildman–Crippen MR) is 79.9 cm³/mol. The highest BCUT2D eigenvalue weighted by atomic mass is 16.4. The fourth-order valence-corrected chi connectivity index (χ4v) is 3.24. The summed E-state index contributed by atoms with van der Waals surface area (Å²) in [5, 5.41) is 9.22. The van der Waals surface area contributed by atoms with Crippen molar-refractivity contribution in [3.63, 3.8) is 0 Å².